The number of furan rings is 1. The van der Waals surface area contributed by atoms with E-state index in [4.69, 9.17) is 64.7 Å². The van der Waals surface area contributed by atoms with E-state index in [-0.39, 0.29) is 33.0 Å². The second-order valence-corrected chi connectivity index (χ2v) is 11.0. The molecule has 51 heavy (non-hydrogen) atoms. The molecule has 0 fully saturated rings. The van der Waals surface area contributed by atoms with Gasteiger partial charge in [-0.25, -0.2) is 19.2 Å². The summed E-state index contributed by atoms with van der Waals surface area (Å²) in [5.74, 6) is -3.54. The first-order valence-corrected chi connectivity index (χ1v) is 15.6. The Labute approximate surface area is 305 Å². The third-order valence-electron chi connectivity index (χ3n) is 6.17. The lowest BCUT2D eigenvalue weighted by molar-refractivity contribution is -0.139. The van der Waals surface area contributed by atoms with Gasteiger partial charge in [-0.2, -0.15) is 0 Å². The van der Waals surface area contributed by atoms with Gasteiger partial charge in [0.1, 0.15) is 34.4 Å². The smallest absolute Gasteiger partial charge is 0.371 e. The quantitative estimate of drug-likeness (QED) is 0.0944. The Kier molecular flexibility index (Phi) is 15.4. The summed E-state index contributed by atoms with van der Waals surface area (Å²) in [6.45, 7) is -0.0643. The highest BCUT2D eigenvalue weighted by Gasteiger charge is 2.10. The van der Waals surface area contributed by atoms with Crippen LogP contribution in [0, 0.1) is 0 Å². The summed E-state index contributed by atoms with van der Waals surface area (Å²) in [4.78, 5) is 44.5. The molecule has 0 aliphatic carbocycles. The number of halogens is 3. The van der Waals surface area contributed by atoms with Gasteiger partial charge in [-0.3, -0.25) is 0 Å². The van der Waals surface area contributed by atoms with Gasteiger partial charge in [-0.1, -0.05) is 89.9 Å². The summed E-state index contributed by atoms with van der Waals surface area (Å²) in [6, 6.07) is 32.8. The van der Waals surface area contributed by atoms with Gasteiger partial charge in [0.2, 0.25) is 5.76 Å². The Hall–Kier alpha value is -5.95. The van der Waals surface area contributed by atoms with Gasteiger partial charge in [0.25, 0.3) is 0 Å². The molecule has 6 aromatic rings. The molecular formula is C36H28Cl3NO11. The molecule has 0 aliphatic rings. The molecule has 4 aromatic carbocycles. The monoisotopic (exact) mass is 755 g/mol. The number of rotatable bonds is 9. The van der Waals surface area contributed by atoms with Crippen LogP contribution in [0.4, 0.5) is 0 Å². The highest BCUT2D eigenvalue weighted by molar-refractivity contribution is 6.42. The topological polar surface area (TPSA) is 197 Å². The van der Waals surface area contributed by atoms with E-state index in [0.29, 0.717) is 17.4 Å². The van der Waals surface area contributed by atoms with Crippen LogP contribution in [0.25, 0.3) is 10.9 Å². The Balaban J connectivity index is 0.000000188. The Bertz CT molecular complexity index is 2040. The third-order valence-corrected chi connectivity index (χ3v) is 7.17. The SMILES string of the molecule is O=C(O)COc1cccc(Cl)c1Cl.O=C(O)c1cc2ccccc2[nH]1.O=C(O)c1ccc(Cl)o1.O=C(O)c1ccccc1OCc1ccccc1. The number of hydrogen-bond donors (Lipinski definition) is 5. The van der Waals surface area contributed by atoms with Gasteiger partial charge in [0.15, 0.2) is 11.8 Å². The first-order chi connectivity index (χ1) is 24.3. The standard InChI is InChI=1S/C14H12O3.C9H7NO2.C8H6Cl2O3.C5H3ClO3/c15-14(16)12-8-4-5-9-13(12)17-10-11-6-2-1-3-7-11;11-9(12)8-5-6-3-1-2-4-7(6)10-8;9-5-2-1-3-6(8(5)10)13-4-7(11)12;6-4-2-1-3(9-4)5(7)8/h1-9H,10H2,(H,15,16);1-5,10H,(H,11,12);1-3H,4H2,(H,11,12);1-2H,(H,7,8). The minimum atomic E-state index is -1.11. The van der Waals surface area contributed by atoms with Crippen molar-refractivity contribution in [3.63, 3.8) is 0 Å². The summed E-state index contributed by atoms with van der Waals surface area (Å²) in [6.07, 6.45) is 0. The van der Waals surface area contributed by atoms with Crippen LogP contribution < -0.4 is 9.47 Å². The van der Waals surface area contributed by atoms with Gasteiger partial charge < -0.3 is 39.3 Å². The Morgan fingerprint density at radius 2 is 1.29 bits per heavy atom. The lowest BCUT2D eigenvalue weighted by Crippen LogP contribution is -2.09. The molecule has 6 rings (SSSR count). The summed E-state index contributed by atoms with van der Waals surface area (Å²) in [5, 5.41) is 35.8. The molecule has 0 bridgehead atoms. The number of ether oxygens (including phenoxy) is 2. The molecule has 5 N–H and O–H groups in total. The Morgan fingerprint density at radius 1 is 0.647 bits per heavy atom. The molecular weight excluding hydrogens is 729 g/mol. The van der Waals surface area contributed by atoms with E-state index in [1.165, 1.54) is 18.2 Å². The van der Waals surface area contributed by atoms with Crippen molar-refractivity contribution in [2.45, 2.75) is 6.61 Å². The number of aliphatic carboxylic acids is 1. The van der Waals surface area contributed by atoms with Gasteiger partial charge in [0, 0.05) is 10.9 Å². The van der Waals surface area contributed by atoms with Crippen LogP contribution in [0.2, 0.25) is 15.3 Å². The first kappa shape index (κ1) is 39.5. The fourth-order valence-corrected chi connectivity index (χ4v) is 4.35. The van der Waals surface area contributed by atoms with E-state index < -0.39 is 30.5 Å². The number of aromatic nitrogens is 1. The average Bonchev–Trinajstić information content (AvgIpc) is 3.76. The maximum Gasteiger partial charge on any atom is 0.371 e. The van der Waals surface area contributed by atoms with Crippen LogP contribution >= 0.6 is 34.8 Å². The normalized spacial score (nSPS) is 9.86. The highest BCUT2D eigenvalue weighted by atomic mass is 35.5. The molecule has 0 saturated heterocycles. The van der Waals surface area contributed by atoms with E-state index in [1.807, 2.05) is 54.6 Å². The van der Waals surface area contributed by atoms with E-state index in [9.17, 15) is 19.2 Å². The van der Waals surface area contributed by atoms with Crippen LogP contribution in [0.15, 0.2) is 120 Å². The van der Waals surface area contributed by atoms with Crippen molar-refractivity contribution in [3.8, 4) is 11.5 Å². The number of fused-ring (bicyclic) bond motifs is 1. The summed E-state index contributed by atoms with van der Waals surface area (Å²) in [7, 11) is 0. The highest BCUT2D eigenvalue weighted by Crippen LogP contribution is 2.31. The number of para-hydroxylation sites is 2. The van der Waals surface area contributed by atoms with E-state index in [0.717, 1.165) is 16.5 Å². The molecule has 0 unspecified atom stereocenters. The predicted octanol–water partition coefficient (Wildman–Crippen LogP) is 8.92. The van der Waals surface area contributed by atoms with Crippen molar-refractivity contribution in [2.75, 3.05) is 6.61 Å². The van der Waals surface area contributed by atoms with Crippen molar-refractivity contribution in [1.82, 2.24) is 4.98 Å². The molecule has 12 nitrogen and oxygen atoms in total. The number of hydrogen-bond acceptors (Lipinski definition) is 7. The molecule has 0 amide bonds. The minimum Gasteiger partial charge on any atom is -0.488 e. The maximum absolute atomic E-state index is 11.0. The van der Waals surface area contributed by atoms with Crippen LogP contribution in [-0.2, 0) is 11.4 Å². The molecule has 0 aliphatic heterocycles. The van der Waals surface area contributed by atoms with Crippen molar-refractivity contribution >= 4 is 69.6 Å². The van der Waals surface area contributed by atoms with Gasteiger partial charge in [-0.15, -0.1) is 0 Å². The van der Waals surface area contributed by atoms with E-state index >= 15 is 0 Å². The second kappa shape index (κ2) is 19.9. The number of carbonyl (C=O) groups is 4. The summed E-state index contributed by atoms with van der Waals surface area (Å²) >= 11 is 16.7. The summed E-state index contributed by atoms with van der Waals surface area (Å²) in [5.41, 5.74) is 2.28. The fraction of sp³-hybridized carbons (Fsp3) is 0.0556. The second-order valence-electron chi connectivity index (χ2n) is 9.79. The van der Waals surface area contributed by atoms with Crippen molar-refractivity contribution < 1.29 is 53.5 Å². The van der Waals surface area contributed by atoms with Crippen molar-refractivity contribution in [3.05, 3.63) is 153 Å². The van der Waals surface area contributed by atoms with Crippen LogP contribution in [0.1, 0.15) is 37.0 Å². The van der Waals surface area contributed by atoms with Crippen molar-refractivity contribution in [1.29, 1.82) is 0 Å². The molecule has 0 spiro atoms. The number of benzene rings is 4. The first-order valence-electron chi connectivity index (χ1n) is 14.4. The average molecular weight is 757 g/mol. The van der Waals surface area contributed by atoms with Crippen LogP contribution in [-0.4, -0.2) is 55.9 Å². The largest absolute Gasteiger partial charge is 0.488 e. The number of nitrogens with one attached hydrogen (secondary N) is 1. The predicted molar refractivity (Wildman–Crippen MR) is 190 cm³/mol. The van der Waals surface area contributed by atoms with Gasteiger partial charge in [0.05, 0.1) is 5.02 Å². The zero-order valence-corrected chi connectivity index (χ0v) is 28.4. The van der Waals surface area contributed by atoms with E-state index in [2.05, 4.69) is 9.40 Å². The van der Waals surface area contributed by atoms with Gasteiger partial charge in [-0.05, 0) is 65.7 Å². The Morgan fingerprint density at radius 3 is 1.88 bits per heavy atom. The molecule has 2 aromatic heterocycles. The van der Waals surface area contributed by atoms with Crippen LogP contribution in [0.3, 0.4) is 0 Å². The van der Waals surface area contributed by atoms with Gasteiger partial charge >= 0.3 is 23.9 Å². The zero-order chi connectivity index (χ0) is 37.3. The molecule has 0 atom stereocenters. The fourth-order valence-electron chi connectivity index (χ4n) is 3.86. The molecule has 2 heterocycles. The molecule has 0 radical (unpaired) electrons. The maximum atomic E-state index is 11.0. The van der Waals surface area contributed by atoms with Crippen LogP contribution in [0.5, 0.6) is 11.5 Å². The van der Waals surface area contributed by atoms with E-state index in [1.54, 1.807) is 42.5 Å². The van der Waals surface area contributed by atoms with Crippen molar-refractivity contribution in [2.24, 2.45) is 0 Å². The molecule has 264 valence electrons. The number of H-pyrrole nitrogens is 1. The molecule has 15 heteroatoms. The number of aromatic amines is 1. The minimum absolute atomic E-state index is 0.0902. The lowest BCUT2D eigenvalue weighted by atomic mass is 10.2. The zero-order valence-electron chi connectivity index (χ0n) is 26.2. The number of carboxylic acids is 4. The number of aromatic carboxylic acids is 3. The summed E-state index contributed by atoms with van der Waals surface area (Å²) < 4.78 is 14.9. The lowest BCUT2D eigenvalue weighted by Gasteiger charge is -2.08. The third kappa shape index (κ3) is 13.1. The molecule has 0 saturated carbocycles. The number of carboxylic acid groups (broad SMARTS) is 4.